The van der Waals surface area contributed by atoms with Crippen LogP contribution in [0, 0.1) is 5.82 Å². The molecule has 1 heterocycles. The van der Waals surface area contributed by atoms with Gasteiger partial charge < -0.3 is 5.32 Å². The van der Waals surface area contributed by atoms with Crippen molar-refractivity contribution in [2.45, 2.75) is 13.5 Å². The second kappa shape index (κ2) is 5.14. The van der Waals surface area contributed by atoms with E-state index >= 15 is 0 Å². The third-order valence-electron chi connectivity index (χ3n) is 2.19. The van der Waals surface area contributed by atoms with E-state index in [2.05, 4.69) is 14.9 Å². The van der Waals surface area contributed by atoms with Crippen molar-refractivity contribution < 1.29 is 4.39 Å². The van der Waals surface area contributed by atoms with Crippen molar-refractivity contribution >= 4 is 11.5 Å². The molecule has 0 unspecified atom stereocenters. The Bertz CT molecular complexity index is 470. The van der Waals surface area contributed by atoms with E-state index in [4.69, 9.17) is 0 Å². The number of hydrogen-bond acceptors (Lipinski definition) is 4. The highest BCUT2D eigenvalue weighted by Gasteiger charge is 2.10. The van der Waals surface area contributed by atoms with Gasteiger partial charge in [0.15, 0.2) is 0 Å². The highest BCUT2D eigenvalue weighted by Crippen LogP contribution is 2.24. The van der Waals surface area contributed by atoms with Crippen molar-refractivity contribution in [2.24, 2.45) is 0 Å². The van der Waals surface area contributed by atoms with Crippen LogP contribution in [0.3, 0.4) is 0 Å². The molecule has 2 aromatic rings. The van der Waals surface area contributed by atoms with E-state index in [9.17, 15) is 4.39 Å². The number of aromatic nitrogens is 2. The first-order chi connectivity index (χ1) is 7.81. The molecule has 0 saturated carbocycles. The van der Waals surface area contributed by atoms with Gasteiger partial charge in [0, 0.05) is 12.1 Å². The maximum Gasteiger partial charge on any atom is 0.123 e. The molecule has 0 atom stereocenters. The monoisotopic (exact) mass is 237 g/mol. The molecule has 16 heavy (non-hydrogen) atoms. The number of hydrogen-bond donors (Lipinski definition) is 1. The van der Waals surface area contributed by atoms with Crippen LogP contribution in [0.25, 0.3) is 11.3 Å². The van der Waals surface area contributed by atoms with E-state index in [1.807, 2.05) is 13.0 Å². The molecule has 0 aliphatic heterocycles. The minimum atomic E-state index is -0.250. The van der Waals surface area contributed by atoms with Crippen LogP contribution in [-0.4, -0.2) is 16.1 Å². The minimum Gasteiger partial charge on any atom is -0.312 e. The number of halogens is 1. The molecule has 0 saturated heterocycles. The molecule has 5 heteroatoms. The smallest absolute Gasteiger partial charge is 0.123 e. The van der Waals surface area contributed by atoms with Gasteiger partial charge in [-0.1, -0.05) is 23.5 Å². The van der Waals surface area contributed by atoms with E-state index < -0.39 is 0 Å². The fourth-order valence-corrected chi connectivity index (χ4v) is 2.05. The quantitative estimate of drug-likeness (QED) is 0.887. The summed E-state index contributed by atoms with van der Waals surface area (Å²) >= 11 is 1.34. The lowest BCUT2D eigenvalue weighted by Crippen LogP contribution is -2.11. The molecule has 3 nitrogen and oxygen atoms in total. The zero-order valence-electron chi connectivity index (χ0n) is 8.90. The molecule has 0 aliphatic rings. The average Bonchev–Trinajstić information content (AvgIpc) is 2.74. The van der Waals surface area contributed by atoms with Crippen LogP contribution < -0.4 is 5.32 Å². The molecule has 0 radical (unpaired) electrons. The lowest BCUT2D eigenvalue weighted by molar-refractivity contribution is 0.628. The summed E-state index contributed by atoms with van der Waals surface area (Å²) in [6, 6.07) is 6.43. The first-order valence-corrected chi connectivity index (χ1v) is 5.86. The van der Waals surface area contributed by atoms with Gasteiger partial charge in [-0.15, -0.1) is 5.10 Å². The first-order valence-electron chi connectivity index (χ1n) is 5.09. The Hall–Kier alpha value is -1.33. The van der Waals surface area contributed by atoms with Crippen LogP contribution in [0.1, 0.15) is 11.8 Å². The van der Waals surface area contributed by atoms with Gasteiger partial charge in [0.1, 0.15) is 11.5 Å². The van der Waals surface area contributed by atoms with Gasteiger partial charge in [0.05, 0.1) is 4.88 Å². The molecule has 84 valence electrons. The molecule has 0 amide bonds. The van der Waals surface area contributed by atoms with Crippen LogP contribution in [-0.2, 0) is 6.54 Å². The van der Waals surface area contributed by atoms with Gasteiger partial charge in [-0.25, -0.2) is 4.39 Å². The standard InChI is InChI=1S/C11H12FN3S/c1-2-13-7-10-11(14-15-16-10)8-4-3-5-9(12)6-8/h3-6,13H,2,7H2,1H3. The number of nitrogens with zero attached hydrogens (tertiary/aromatic N) is 2. The third-order valence-corrected chi connectivity index (χ3v) is 2.91. The summed E-state index contributed by atoms with van der Waals surface area (Å²) in [4.78, 5) is 1.03. The number of rotatable bonds is 4. The first kappa shape index (κ1) is 11.2. The predicted octanol–water partition coefficient (Wildman–Crippen LogP) is 2.45. The summed E-state index contributed by atoms with van der Waals surface area (Å²) in [5.74, 6) is -0.250. The van der Waals surface area contributed by atoms with Gasteiger partial charge in [0.2, 0.25) is 0 Å². The average molecular weight is 237 g/mol. The molecule has 1 aromatic heterocycles. The second-order valence-corrected chi connectivity index (χ2v) is 4.17. The Morgan fingerprint density at radius 3 is 3.06 bits per heavy atom. The van der Waals surface area contributed by atoms with Crippen LogP contribution in [0.5, 0.6) is 0 Å². The summed E-state index contributed by atoms with van der Waals surface area (Å²) in [6.45, 7) is 3.65. The van der Waals surface area contributed by atoms with Gasteiger partial charge in [-0.2, -0.15) is 0 Å². The number of benzene rings is 1. The molecule has 0 spiro atoms. The number of nitrogens with one attached hydrogen (secondary N) is 1. The summed E-state index contributed by atoms with van der Waals surface area (Å²) < 4.78 is 17.0. The molecular formula is C11H12FN3S. The molecule has 2 rings (SSSR count). The summed E-state index contributed by atoms with van der Waals surface area (Å²) in [7, 11) is 0. The van der Waals surface area contributed by atoms with Crippen LogP contribution in [0.15, 0.2) is 24.3 Å². The minimum absolute atomic E-state index is 0.250. The van der Waals surface area contributed by atoms with Crippen molar-refractivity contribution in [3.63, 3.8) is 0 Å². The fourth-order valence-electron chi connectivity index (χ4n) is 1.42. The van der Waals surface area contributed by atoms with Crippen LogP contribution in [0.2, 0.25) is 0 Å². The van der Waals surface area contributed by atoms with E-state index in [1.165, 1.54) is 23.7 Å². The van der Waals surface area contributed by atoms with Crippen molar-refractivity contribution in [1.29, 1.82) is 0 Å². The fraction of sp³-hybridized carbons (Fsp3) is 0.273. The van der Waals surface area contributed by atoms with Crippen molar-refractivity contribution in [1.82, 2.24) is 14.9 Å². The summed E-state index contributed by atoms with van der Waals surface area (Å²) in [5, 5.41) is 7.25. The summed E-state index contributed by atoms with van der Waals surface area (Å²) in [5.41, 5.74) is 1.55. The topological polar surface area (TPSA) is 37.8 Å². The summed E-state index contributed by atoms with van der Waals surface area (Å²) in [6.07, 6.45) is 0. The van der Waals surface area contributed by atoms with Gasteiger partial charge in [-0.05, 0) is 30.2 Å². The van der Waals surface area contributed by atoms with Crippen LogP contribution in [0.4, 0.5) is 4.39 Å². The molecular weight excluding hydrogens is 225 g/mol. The maximum absolute atomic E-state index is 13.1. The Labute approximate surface area is 97.5 Å². The second-order valence-electron chi connectivity index (χ2n) is 3.34. The zero-order chi connectivity index (χ0) is 11.4. The molecule has 1 aromatic carbocycles. The van der Waals surface area contributed by atoms with E-state index in [1.54, 1.807) is 6.07 Å². The molecule has 1 N–H and O–H groups in total. The van der Waals surface area contributed by atoms with Gasteiger partial charge in [-0.3, -0.25) is 0 Å². The predicted molar refractivity (Wildman–Crippen MR) is 62.7 cm³/mol. The Morgan fingerprint density at radius 2 is 2.31 bits per heavy atom. The SMILES string of the molecule is CCNCc1snnc1-c1cccc(F)c1. The highest BCUT2D eigenvalue weighted by atomic mass is 32.1. The van der Waals surface area contributed by atoms with Crippen molar-refractivity contribution in [3.05, 3.63) is 35.0 Å². The molecule has 0 aliphatic carbocycles. The van der Waals surface area contributed by atoms with Gasteiger partial charge in [0.25, 0.3) is 0 Å². The van der Waals surface area contributed by atoms with Gasteiger partial charge >= 0.3 is 0 Å². The highest BCUT2D eigenvalue weighted by molar-refractivity contribution is 7.05. The largest absolute Gasteiger partial charge is 0.312 e. The maximum atomic E-state index is 13.1. The Morgan fingerprint density at radius 1 is 1.44 bits per heavy atom. The van der Waals surface area contributed by atoms with E-state index in [-0.39, 0.29) is 5.82 Å². The van der Waals surface area contributed by atoms with Crippen molar-refractivity contribution in [3.8, 4) is 11.3 Å². The van der Waals surface area contributed by atoms with E-state index in [0.717, 1.165) is 29.2 Å². The van der Waals surface area contributed by atoms with Crippen LogP contribution >= 0.6 is 11.5 Å². The van der Waals surface area contributed by atoms with E-state index in [0.29, 0.717) is 0 Å². The lowest BCUT2D eigenvalue weighted by atomic mass is 10.1. The third kappa shape index (κ3) is 2.43. The molecule has 0 bridgehead atoms. The Kier molecular flexibility index (Phi) is 3.58. The molecule has 0 fully saturated rings. The Balaban J connectivity index is 2.29. The zero-order valence-corrected chi connectivity index (χ0v) is 9.72. The lowest BCUT2D eigenvalue weighted by Gasteiger charge is -2.01. The van der Waals surface area contributed by atoms with Crippen molar-refractivity contribution in [2.75, 3.05) is 6.54 Å². The normalized spacial score (nSPS) is 10.6.